The molecular weight excluding hydrogens is 214 g/mol. The van der Waals surface area contributed by atoms with Crippen molar-refractivity contribution in [2.75, 3.05) is 26.1 Å². The van der Waals surface area contributed by atoms with Crippen molar-refractivity contribution in [1.29, 1.82) is 0 Å². The van der Waals surface area contributed by atoms with E-state index in [1.807, 2.05) is 13.8 Å². The highest BCUT2D eigenvalue weighted by atomic mass is 32.1. The van der Waals surface area contributed by atoms with Gasteiger partial charge in [0.2, 0.25) is 0 Å². The molecular formula is C10H15NO3S. The van der Waals surface area contributed by atoms with E-state index in [-0.39, 0.29) is 5.97 Å². The van der Waals surface area contributed by atoms with Crippen molar-refractivity contribution >= 4 is 22.3 Å². The number of anilines is 1. The number of thiophene rings is 1. The lowest BCUT2D eigenvalue weighted by Gasteiger charge is -2.03. The minimum Gasteiger partial charge on any atom is -0.493 e. The maximum atomic E-state index is 11.4. The number of carbonyl (C=O) groups is 1. The second kappa shape index (κ2) is 5.02. The summed E-state index contributed by atoms with van der Waals surface area (Å²) in [6, 6.07) is 0. The van der Waals surface area contributed by atoms with Gasteiger partial charge in [0.15, 0.2) is 5.75 Å². The molecule has 1 aromatic rings. The van der Waals surface area contributed by atoms with Crippen LogP contribution in [0.3, 0.4) is 0 Å². The Hall–Kier alpha value is -1.23. The van der Waals surface area contributed by atoms with E-state index in [1.54, 1.807) is 7.11 Å². The standard InChI is InChI=1S/C10H15NO3S/c1-5-11-9-7(13-3)6(2)8(15-9)10(12)14-4/h11H,5H2,1-4H3. The van der Waals surface area contributed by atoms with E-state index >= 15 is 0 Å². The van der Waals surface area contributed by atoms with E-state index in [0.717, 1.165) is 22.9 Å². The first-order chi connectivity index (χ1) is 7.15. The molecule has 1 heterocycles. The predicted molar refractivity (Wildman–Crippen MR) is 61.1 cm³/mol. The molecule has 0 saturated carbocycles. The second-order valence-electron chi connectivity index (χ2n) is 2.94. The third-order valence-corrected chi connectivity index (χ3v) is 3.21. The van der Waals surface area contributed by atoms with Crippen LogP contribution < -0.4 is 10.1 Å². The van der Waals surface area contributed by atoms with Crippen LogP contribution in [0, 0.1) is 6.92 Å². The summed E-state index contributed by atoms with van der Waals surface area (Å²) in [5.74, 6) is 0.405. The summed E-state index contributed by atoms with van der Waals surface area (Å²) in [6.07, 6.45) is 0. The van der Waals surface area contributed by atoms with Crippen LogP contribution in [0.2, 0.25) is 0 Å². The Bertz CT molecular complexity index is 360. The maximum absolute atomic E-state index is 11.4. The first kappa shape index (κ1) is 11.8. The molecule has 0 aliphatic rings. The van der Waals surface area contributed by atoms with Gasteiger partial charge in [-0.1, -0.05) is 0 Å². The fourth-order valence-corrected chi connectivity index (χ4v) is 2.47. The second-order valence-corrected chi connectivity index (χ2v) is 3.96. The van der Waals surface area contributed by atoms with E-state index in [9.17, 15) is 4.79 Å². The molecule has 0 aliphatic carbocycles. The van der Waals surface area contributed by atoms with Crippen LogP contribution in [0.4, 0.5) is 5.00 Å². The van der Waals surface area contributed by atoms with Crippen LogP contribution >= 0.6 is 11.3 Å². The zero-order chi connectivity index (χ0) is 11.4. The lowest BCUT2D eigenvalue weighted by molar-refractivity contribution is 0.0605. The SMILES string of the molecule is CCNc1sc(C(=O)OC)c(C)c1OC. The van der Waals surface area contributed by atoms with E-state index < -0.39 is 0 Å². The van der Waals surface area contributed by atoms with Crippen molar-refractivity contribution in [3.05, 3.63) is 10.4 Å². The Morgan fingerprint density at radius 3 is 2.60 bits per heavy atom. The van der Waals surface area contributed by atoms with Crippen LogP contribution in [-0.2, 0) is 4.74 Å². The highest BCUT2D eigenvalue weighted by Crippen LogP contribution is 2.39. The molecule has 0 atom stereocenters. The molecule has 0 unspecified atom stereocenters. The molecule has 0 radical (unpaired) electrons. The molecule has 0 saturated heterocycles. The number of esters is 1. The van der Waals surface area contributed by atoms with Crippen molar-refractivity contribution < 1.29 is 14.3 Å². The number of methoxy groups -OCH3 is 2. The predicted octanol–water partition coefficient (Wildman–Crippen LogP) is 2.28. The number of nitrogens with one attached hydrogen (secondary N) is 1. The van der Waals surface area contributed by atoms with Crippen molar-refractivity contribution in [2.45, 2.75) is 13.8 Å². The topological polar surface area (TPSA) is 47.6 Å². The Morgan fingerprint density at radius 1 is 1.47 bits per heavy atom. The molecule has 0 amide bonds. The van der Waals surface area contributed by atoms with Crippen LogP contribution in [-0.4, -0.2) is 26.7 Å². The van der Waals surface area contributed by atoms with Gasteiger partial charge in [-0.05, 0) is 13.8 Å². The van der Waals surface area contributed by atoms with Gasteiger partial charge >= 0.3 is 5.97 Å². The maximum Gasteiger partial charge on any atom is 0.348 e. The van der Waals surface area contributed by atoms with Crippen LogP contribution in [0.25, 0.3) is 0 Å². The lowest BCUT2D eigenvalue weighted by Crippen LogP contribution is -2.00. The number of rotatable bonds is 4. The van der Waals surface area contributed by atoms with Gasteiger partial charge in [0.1, 0.15) is 9.88 Å². The van der Waals surface area contributed by atoms with Gasteiger partial charge in [0.25, 0.3) is 0 Å². The number of hydrogen-bond acceptors (Lipinski definition) is 5. The van der Waals surface area contributed by atoms with Gasteiger partial charge in [-0.15, -0.1) is 11.3 Å². The smallest absolute Gasteiger partial charge is 0.348 e. The summed E-state index contributed by atoms with van der Waals surface area (Å²) in [6.45, 7) is 4.63. The average Bonchev–Trinajstić information content (AvgIpc) is 2.55. The fraction of sp³-hybridized carbons (Fsp3) is 0.500. The van der Waals surface area contributed by atoms with E-state index in [0.29, 0.717) is 4.88 Å². The fourth-order valence-electron chi connectivity index (χ4n) is 1.31. The molecule has 4 nitrogen and oxygen atoms in total. The lowest BCUT2D eigenvalue weighted by atomic mass is 10.2. The van der Waals surface area contributed by atoms with Crippen LogP contribution in [0.15, 0.2) is 0 Å². The Kier molecular flexibility index (Phi) is 3.96. The van der Waals surface area contributed by atoms with Crippen LogP contribution in [0.1, 0.15) is 22.2 Å². The van der Waals surface area contributed by atoms with Crippen molar-refractivity contribution in [3.63, 3.8) is 0 Å². The van der Waals surface area contributed by atoms with Gasteiger partial charge in [0.05, 0.1) is 14.2 Å². The van der Waals surface area contributed by atoms with Crippen molar-refractivity contribution in [3.8, 4) is 5.75 Å². The van der Waals surface area contributed by atoms with E-state index in [1.165, 1.54) is 18.4 Å². The first-order valence-corrected chi connectivity index (χ1v) is 5.46. The van der Waals surface area contributed by atoms with Gasteiger partial charge in [-0.25, -0.2) is 4.79 Å². The number of carbonyl (C=O) groups excluding carboxylic acids is 1. The zero-order valence-electron chi connectivity index (χ0n) is 9.34. The zero-order valence-corrected chi connectivity index (χ0v) is 10.2. The molecule has 0 aliphatic heterocycles. The van der Waals surface area contributed by atoms with Gasteiger partial charge in [-0.3, -0.25) is 0 Å². The molecule has 1 N–H and O–H groups in total. The third kappa shape index (κ3) is 2.23. The summed E-state index contributed by atoms with van der Waals surface area (Å²) in [7, 11) is 2.97. The monoisotopic (exact) mass is 229 g/mol. The molecule has 1 rings (SSSR count). The van der Waals surface area contributed by atoms with Crippen molar-refractivity contribution in [2.24, 2.45) is 0 Å². The van der Waals surface area contributed by atoms with E-state index in [2.05, 4.69) is 5.32 Å². The molecule has 0 fully saturated rings. The first-order valence-electron chi connectivity index (χ1n) is 4.65. The van der Waals surface area contributed by atoms with Gasteiger partial charge in [-0.2, -0.15) is 0 Å². The highest BCUT2D eigenvalue weighted by Gasteiger charge is 2.20. The third-order valence-electron chi connectivity index (χ3n) is 2.00. The molecule has 84 valence electrons. The summed E-state index contributed by atoms with van der Waals surface area (Å²) in [5.41, 5.74) is 0.824. The largest absolute Gasteiger partial charge is 0.493 e. The molecule has 1 aromatic heterocycles. The summed E-state index contributed by atoms with van der Waals surface area (Å²) in [4.78, 5) is 12.0. The van der Waals surface area contributed by atoms with Crippen molar-refractivity contribution in [1.82, 2.24) is 0 Å². The van der Waals surface area contributed by atoms with Gasteiger partial charge in [0, 0.05) is 12.1 Å². The minimum absolute atomic E-state index is 0.319. The summed E-state index contributed by atoms with van der Waals surface area (Å²) >= 11 is 1.36. The quantitative estimate of drug-likeness (QED) is 0.805. The minimum atomic E-state index is -0.319. The van der Waals surface area contributed by atoms with E-state index in [4.69, 9.17) is 9.47 Å². The molecule has 15 heavy (non-hydrogen) atoms. The Balaban J connectivity index is 3.14. The molecule has 0 aromatic carbocycles. The summed E-state index contributed by atoms with van der Waals surface area (Å²) < 4.78 is 9.94. The normalized spacial score (nSPS) is 9.87. The Labute approximate surface area is 93.2 Å². The van der Waals surface area contributed by atoms with Crippen LogP contribution in [0.5, 0.6) is 5.75 Å². The average molecular weight is 229 g/mol. The summed E-state index contributed by atoms with van der Waals surface area (Å²) in [5, 5.41) is 4.03. The highest BCUT2D eigenvalue weighted by molar-refractivity contribution is 7.18. The van der Waals surface area contributed by atoms with Gasteiger partial charge < -0.3 is 14.8 Å². The Morgan fingerprint density at radius 2 is 2.13 bits per heavy atom. The molecule has 0 bridgehead atoms. The molecule has 0 spiro atoms. The number of ether oxygens (including phenoxy) is 2. The molecule has 5 heteroatoms. The number of hydrogen-bond donors (Lipinski definition) is 1.